The second kappa shape index (κ2) is 7.79. The van der Waals surface area contributed by atoms with Gasteiger partial charge in [-0.15, -0.1) is 101 Å². The molecule has 0 heterocycles. The third kappa shape index (κ3) is 3.35. The molecule has 0 fully saturated rings. The monoisotopic (exact) mass is 474 g/mol. The highest BCUT2D eigenvalue weighted by Crippen LogP contribution is 2.42. The standard InChI is InChI=1S/C13H8F2OS8/c14-3-10(21)6(17)1(7(18)11(3)22)5(16)2-8(19)12(23)4(15)13(24)9(2)20/h17-24H. The van der Waals surface area contributed by atoms with Crippen LogP contribution < -0.4 is 0 Å². The van der Waals surface area contributed by atoms with Crippen molar-refractivity contribution in [3.8, 4) is 0 Å². The summed E-state index contributed by atoms with van der Waals surface area (Å²) in [5.41, 5.74) is -0.119. The van der Waals surface area contributed by atoms with E-state index in [1.54, 1.807) is 0 Å². The lowest BCUT2D eigenvalue weighted by Crippen LogP contribution is -2.10. The van der Waals surface area contributed by atoms with E-state index in [0.29, 0.717) is 0 Å². The first-order chi connectivity index (χ1) is 11.0. The van der Waals surface area contributed by atoms with E-state index in [-0.39, 0.29) is 50.3 Å². The molecule has 0 radical (unpaired) electrons. The van der Waals surface area contributed by atoms with E-state index in [1.165, 1.54) is 0 Å². The Hall–Kier alpha value is 0.770. The molecule has 24 heavy (non-hydrogen) atoms. The van der Waals surface area contributed by atoms with Crippen LogP contribution in [-0.4, -0.2) is 5.78 Å². The van der Waals surface area contributed by atoms with Gasteiger partial charge in [-0.3, -0.25) is 4.79 Å². The summed E-state index contributed by atoms with van der Waals surface area (Å²) in [6, 6.07) is 0. The molecule has 0 aliphatic rings. The summed E-state index contributed by atoms with van der Waals surface area (Å²) in [5.74, 6) is -2.17. The van der Waals surface area contributed by atoms with Crippen LogP contribution in [0.1, 0.15) is 15.9 Å². The van der Waals surface area contributed by atoms with Crippen LogP contribution in [0.2, 0.25) is 0 Å². The quantitative estimate of drug-likeness (QED) is 0.213. The Morgan fingerprint density at radius 3 is 0.917 bits per heavy atom. The van der Waals surface area contributed by atoms with Crippen molar-refractivity contribution in [3.05, 3.63) is 22.8 Å². The van der Waals surface area contributed by atoms with Gasteiger partial charge in [0.2, 0.25) is 0 Å². The predicted molar refractivity (Wildman–Crippen MR) is 114 cm³/mol. The van der Waals surface area contributed by atoms with E-state index in [2.05, 4.69) is 101 Å². The maximum atomic E-state index is 14.0. The molecule has 0 N–H and O–H groups in total. The largest absolute Gasteiger partial charge is 0.288 e. The molecule has 0 spiro atoms. The van der Waals surface area contributed by atoms with Crippen LogP contribution in [0.4, 0.5) is 8.78 Å². The molecule has 0 unspecified atom stereocenters. The van der Waals surface area contributed by atoms with E-state index in [1.807, 2.05) is 0 Å². The first-order valence-corrected chi connectivity index (χ1v) is 9.45. The molecule has 0 saturated heterocycles. The molecule has 0 bridgehead atoms. The lowest BCUT2D eigenvalue weighted by molar-refractivity contribution is 0.102. The zero-order valence-electron chi connectivity index (χ0n) is 11.2. The van der Waals surface area contributed by atoms with Crippen molar-refractivity contribution in [3.63, 3.8) is 0 Å². The number of halogens is 2. The van der Waals surface area contributed by atoms with Crippen molar-refractivity contribution >= 4 is 107 Å². The van der Waals surface area contributed by atoms with Crippen LogP contribution in [0, 0.1) is 11.6 Å². The van der Waals surface area contributed by atoms with Crippen LogP contribution in [0.25, 0.3) is 0 Å². The van der Waals surface area contributed by atoms with Crippen molar-refractivity contribution in [2.24, 2.45) is 0 Å². The summed E-state index contributed by atoms with van der Waals surface area (Å²) in [4.78, 5) is 12.2. The Labute approximate surface area is 181 Å². The Bertz CT molecular complexity index is 767. The summed E-state index contributed by atoms with van der Waals surface area (Å²) in [5, 5.41) is 0. The summed E-state index contributed by atoms with van der Waals surface area (Å²) in [7, 11) is 0. The van der Waals surface area contributed by atoms with Crippen LogP contribution >= 0.6 is 101 Å². The molecule has 0 aliphatic carbocycles. The maximum Gasteiger partial charge on any atom is 0.197 e. The number of carbonyl (C=O) groups excluding carboxylic acids is 1. The molecule has 0 aromatic heterocycles. The Morgan fingerprint density at radius 1 is 0.500 bits per heavy atom. The number of hydrogen-bond donors (Lipinski definition) is 8. The highest BCUT2D eigenvalue weighted by Gasteiger charge is 2.28. The van der Waals surface area contributed by atoms with Gasteiger partial charge in [-0.25, -0.2) is 8.78 Å². The summed E-state index contributed by atoms with van der Waals surface area (Å²) in [6.45, 7) is 0. The lowest BCUT2D eigenvalue weighted by atomic mass is 10.0. The number of benzene rings is 2. The SMILES string of the molecule is O=C(c1c(S)c(S)c(F)c(S)c1S)c1c(S)c(S)c(F)c(S)c1S. The summed E-state index contributed by atoms with van der Waals surface area (Å²) >= 11 is 32.6. The lowest BCUT2D eigenvalue weighted by Gasteiger charge is -2.17. The van der Waals surface area contributed by atoms with Gasteiger partial charge in [-0.1, -0.05) is 0 Å². The Balaban J connectivity index is 2.87. The number of thiol groups is 8. The van der Waals surface area contributed by atoms with Crippen molar-refractivity contribution in [2.75, 3.05) is 0 Å². The normalized spacial score (nSPS) is 11.1. The average Bonchev–Trinajstić information content (AvgIpc) is 2.55. The fourth-order valence-electron chi connectivity index (χ4n) is 1.89. The van der Waals surface area contributed by atoms with E-state index in [0.717, 1.165) is 0 Å². The van der Waals surface area contributed by atoms with Crippen molar-refractivity contribution < 1.29 is 13.6 Å². The fourth-order valence-corrected chi connectivity index (χ4v) is 4.39. The van der Waals surface area contributed by atoms with Gasteiger partial charge in [0.1, 0.15) is 0 Å². The van der Waals surface area contributed by atoms with Gasteiger partial charge in [0.25, 0.3) is 0 Å². The van der Waals surface area contributed by atoms with Gasteiger partial charge in [0.05, 0.1) is 30.7 Å². The molecular formula is C13H8F2OS8. The molecule has 128 valence electrons. The highest BCUT2D eigenvalue weighted by atomic mass is 32.1. The van der Waals surface area contributed by atoms with E-state index >= 15 is 0 Å². The van der Waals surface area contributed by atoms with Gasteiger partial charge in [-0.05, 0) is 0 Å². The van der Waals surface area contributed by atoms with Crippen LogP contribution in [0.3, 0.4) is 0 Å². The van der Waals surface area contributed by atoms with Crippen molar-refractivity contribution in [1.29, 1.82) is 0 Å². The van der Waals surface area contributed by atoms with Gasteiger partial charge in [-0.2, -0.15) is 0 Å². The number of rotatable bonds is 2. The minimum absolute atomic E-state index is 0.0325. The fraction of sp³-hybridized carbons (Fsp3) is 0. The molecule has 0 amide bonds. The van der Waals surface area contributed by atoms with Crippen molar-refractivity contribution in [2.45, 2.75) is 39.2 Å². The van der Waals surface area contributed by atoms with Gasteiger partial charge < -0.3 is 0 Å². The Kier molecular flexibility index (Phi) is 6.84. The third-order valence-electron chi connectivity index (χ3n) is 3.13. The van der Waals surface area contributed by atoms with Crippen LogP contribution in [0.5, 0.6) is 0 Å². The van der Waals surface area contributed by atoms with E-state index in [9.17, 15) is 13.6 Å². The molecule has 2 rings (SSSR count). The zero-order valence-corrected chi connectivity index (χ0v) is 18.4. The molecule has 0 aliphatic heterocycles. The average molecular weight is 475 g/mol. The minimum Gasteiger partial charge on any atom is -0.288 e. The number of carbonyl (C=O) groups is 1. The topological polar surface area (TPSA) is 17.1 Å². The van der Waals surface area contributed by atoms with Gasteiger partial charge >= 0.3 is 0 Å². The molecule has 1 nitrogen and oxygen atoms in total. The van der Waals surface area contributed by atoms with E-state index in [4.69, 9.17) is 0 Å². The van der Waals surface area contributed by atoms with Gasteiger partial charge in [0, 0.05) is 19.6 Å². The van der Waals surface area contributed by atoms with Gasteiger partial charge in [0.15, 0.2) is 17.4 Å². The predicted octanol–water partition coefficient (Wildman–Crippen LogP) is 5.51. The molecule has 2 aromatic rings. The molecule has 0 atom stereocenters. The third-order valence-corrected chi connectivity index (χ3v) is 7.30. The molecular weight excluding hydrogens is 467 g/mol. The van der Waals surface area contributed by atoms with Crippen LogP contribution in [0.15, 0.2) is 39.2 Å². The number of hydrogen-bond acceptors (Lipinski definition) is 9. The van der Waals surface area contributed by atoms with Crippen molar-refractivity contribution in [1.82, 2.24) is 0 Å². The molecule has 11 heteroatoms. The molecule has 2 aromatic carbocycles. The minimum atomic E-state index is -0.755. The first-order valence-electron chi connectivity index (χ1n) is 5.87. The van der Waals surface area contributed by atoms with E-state index < -0.39 is 17.4 Å². The molecule has 0 saturated carbocycles. The maximum absolute atomic E-state index is 14.0. The summed E-state index contributed by atoms with van der Waals surface area (Å²) < 4.78 is 27.9. The van der Waals surface area contributed by atoms with Crippen LogP contribution in [-0.2, 0) is 0 Å². The smallest absolute Gasteiger partial charge is 0.197 e. The zero-order chi connectivity index (χ0) is 18.5. The highest BCUT2D eigenvalue weighted by molar-refractivity contribution is 7.85. The Morgan fingerprint density at radius 2 is 0.708 bits per heavy atom. The summed E-state index contributed by atoms with van der Waals surface area (Å²) in [6.07, 6.45) is 0. The number of ketones is 1. The second-order valence-corrected chi connectivity index (χ2v) is 8.07. The second-order valence-electron chi connectivity index (χ2n) is 4.50. The first kappa shape index (κ1) is 21.1.